The lowest BCUT2D eigenvalue weighted by Crippen LogP contribution is -2.54. The van der Waals surface area contributed by atoms with E-state index in [-0.39, 0.29) is 5.82 Å². The Morgan fingerprint density at radius 2 is 1.82 bits per heavy atom. The van der Waals surface area contributed by atoms with E-state index in [1.54, 1.807) is 19.2 Å². The molecule has 0 bridgehead atoms. The first-order chi connectivity index (χ1) is 10.5. The van der Waals surface area contributed by atoms with Gasteiger partial charge in [-0.05, 0) is 46.0 Å². The Bertz CT molecular complexity index is 427. The van der Waals surface area contributed by atoms with E-state index in [9.17, 15) is 4.39 Å². The monoisotopic (exact) mass is 310 g/mol. The Hall–Kier alpha value is -1.59. The lowest BCUT2D eigenvalue weighted by atomic mass is 10.1. The highest BCUT2D eigenvalue weighted by molar-refractivity contribution is 5.56. The van der Waals surface area contributed by atoms with Crippen molar-refractivity contribution < 1.29 is 4.39 Å². The molecular formula is C17H31FN4. The fourth-order valence-corrected chi connectivity index (χ4v) is 2.44. The van der Waals surface area contributed by atoms with E-state index < -0.39 is 0 Å². The summed E-state index contributed by atoms with van der Waals surface area (Å²) in [7, 11) is 3.30. The molecule has 0 radical (unpaired) electrons. The Kier molecular flexibility index (Phi) is 10.2. The second-order valence-corrected chi connectivity index (χ2v) is 5.20. The minimum atomic E-state index is -0.154. The molecule has 0 spiro atoms. The third-order valence-corrected chi connectivity index (χ3v) is 3.13. The predicted octanol–water partition coefficient (Wildman–Crippen LogP) is 2.82. The molecule has 0 amide bonds. The molecule has 4 N–H and O–H groups in total. The van der Waals surface area contributed by atoms with Crippen LogP contribution in [0, 0.1) is 5.82 Å². The summed E-state index contributed by atoms with van der Waals surface area (Å²) in [5.41, 5.74) is 6.01. The van der Waals surface area contributed by atoms with Gasteiger partial charge in [-0.3, -0.25) is 0 Å². The molecule has 4 nitrogen and oxygen atoms in total. The van der Waals surface area contributed by atoms with Crippen LogP contribution < -0.4 is 21.3 Å². The number of nitrogens with zero attached hydrogens (tertiary/aromatic N) is 1. The second-order valence-electron chi connectivity index (χ2n) is 5.20. The maximum Gasteiger partial charge on any atom is 0.148 e. The number of halogens is 1. The van der Waals surface area contributed by atoms with Crippen molar-refractivity contribution >= 4 is 11.4 Å². The highest BCUT2D eigenvalue weighted by atomic mass is 19.1. The lowest BCUT2D eigenvalue weighted by molar-refractivity contribution is 0.404. The first-order valence-corrected chi connectivity index (χ1v) is 7.64. The molecule has 1 saturated heterocycles. The van der Waals surface area contributed by atoms with Gasteiger partial charge in [-0.15, -0.1) is 6.58 Å². The number of allylic oxidation sites excluding steroid dienone is 1. The zero-order valence-corrected chi connectivity index (χ0v) is 14.5. The molecule has 22 heavy (non-hydrogen) atoms. The first-order valence-electron chi connectivity index (χ1n) is 7.64. The van der Waals surface area contributed by atoms with E-state index in [2.05, 4.69) is 41.7 Å². The van der Waals surface area contributed by atoms with Gasteiger partial charge < -0.3 is 21.3 Å². The summed E-state index contributed by atoms with van der Waals surface area (Å²) >= 11 is 0. The smallest absolute Gasteiger partial charge is 0.148 e. The minimum absolute atomic E-state index is 0.154. The molecule has 1 fully saturated rings. The summed E-state index contributed by atoms with van der Waals surface area (Å²) in [4.78, 5) is 2.11. The number of anilines is 2. The molecule has 2 atom stereocenters. The Morgan fingerprint density at radius 1 is 1.32 bits per heavy atom. The van der Waals surface area contributed by atoms with E-state index in [1.807, 2.05) is 19.1 Å². The number of piperazine rings is 1. The molecule has 5 heteroatoms. The van der Waals surface area contributed by atoms with Crippen LogP contribution in [0.5, 0.6) is 0 Å². The van der Waals surface area contributed by atoms with Crippen LogP contribution >= 0.6 is 0 Å². The molecule has 0 aromatic heterocycles. The molecule has 1 aromatic carbocycles. The van der Waals surface area contributed by atoms with Gasteiger partial charge in [0.05, 0.1) is 5.69 Å². The summed E-state index contributed by atoms with van der Waals surface area (Å²) in [6, 6.07) is 6.10. The van der Waals surface area contributed by atoms with Crippen LogP contribution in [-0.2, 0) is 0 Å². The van der Waals surface area contributed by atoms with E-state index in [0.29, 0.717) is 17.8 Å². The average Bonchev–Trinajstić information content (AvgIpc) is 2.49. The van der Waals surface area contributed by atoms with Crippen LogP contribution in [0.25, 0.3) is 0 Å². The number of hydrogen-bond donors (Lipinski definition) is 3. The van der Waals surface area contributed by atoms with Crippen LogP contribution in [0.4, 0.5) is 15.8 Å². The van der Waals surface area contributed by atoms with Crippen molar-refractivity contribution in [2.24, 2.45) is 5.73 Å². The maximum atomic E-state index is 14.0. The van der Waals surface area contributed by atoms with Crippen molar-refractivity contribution in [2.75, 3.05) is 37.4 Å². The Morgan fingerprint density at radius 3 is 2.23 bits per heavy atom. The third kappa shape index (κ3) is 6.45. The quantitative estimate of drug-likeness (QED) is 0.735. The molecule has 2 unspecified atom stereocenters. The minimum Gasteiger partial charge on any atom is -0.388 e. The number of hydrogen-bond acceptors (Lipinski definition) is 4. The van der Waals surface area contributed by atoms with Crippen LogP contribution in [0.3, 0.4) is 0 Å². The summed E-state index contributed by atoms with van der Waals surface area (Å²) in [5, 5.41) is 6.39. The predicted molar refractivity (Wildman–Crippen MR) is 96.2 cm³/mol. The molecule has 1 aromatic rings. The van der Waals surface area contributed by atoms with Crippen molar-refractivity contribution in [1.82, 2.24) is 5.32 Å². The van der Waals surface area contributed by atoms with Gasteiger partial charge in [0.15, 0.2) is 0 Å². The first kappa shape index (κ1) is 20.4. The largest absolute Gasteiger partial charge is 0.388 e. The van der Waals surface area contributed by atoms with Crippen molar-refractivity contribution in [1.29, 1.82) is 0 Å². The van der Waals surface area contributed by atoms with Gasteiger partial charge in [-0.25, -0.2) is 4.39 Å². The van der Waals surface area contributed by atoms with E-state index in [1.165, 1.54) is 7.05 Å². The lowest BCUT2D eigenvalue weighted by Gasteiger charge is -2.37. The summed E-state index contributed by atoms with van der Waals surface area (Å²) < 4.78 is 14.0. The average molecular weight is 310 g/mol. The van der Waals surface area contributed by atoms with Gasteiger partial charge in [0.2, 0.25) is 0 Å². The summed E-state index contributed by atoms with van der Waals surface area (Å²) in [5.74, 6) is -0.154. The van der Waals surface area contributed by atoms with Crippen molar-refractivity contribution in [3.8, 4) is 0 Å². The molecule has 0 aliphatic carbocycles. The fourth-order valence-electron chi connectivity index (χ4n) is 2.44. The molecule has 0 saturated carbocycles. The van der Waals surface area contributed by atoms with Crippen LogP contribution in [0.15, 0.2) is 30.9 Å². The summed E-state index contributed by atoms with van der Waals surface area (Å²) in [6.45, 7) is 11.2. The standard InChI is InChI=1S/C13H20FN3.C3H6.CH5N/c1-9-7-17(8-10(2)16-9)13-5-4-11(15-3)6-12(13)14;1-3-2;1-2/h4-6,9-10,15-16H,7-8H2,1-3H3;3H,1H2,2H3;2H2,1H3. The van der Waals surface area contributed by atoms with Gasteiger partial charge in [-0.1, -0.05) is 6.08 Å². The van der Waals surface area contributed by atoms with Gasteiger partial charge in [-0.2, -0.15) is 0 Å². The van der Waals surface area contributed by atoms with Crippen LogP contribution in [-0.4, -0.2) is 39.3 Å². The van der Waals surface area contributed by atoms with Gasteiger partial charge >= 0.3 is 0 Å². The normalized spacial score (nSPS) is 20.0. The second kappa shape index (κ2) is 11.0. The molecule has 1 aliphatic rings. The number of benzene rings is 1. The fraction of sp³-hybridized carbons (Fsp3) is 0.529. The van der Waals surface area contributed by atoms with Gasteiger partial charge in [0.25, 0.3) is 0 Å². The summed E-state index contributed by atoms with van der Waals surface area (Å²) in [6.07, 6.45) is 1.75. The Balaban J connectivity index is 0.000000789. The van der Waals surface area contributed by atoms with Crippen molar-refractivity contribution in [3.05, 3.63) is 36.7 Å². The van der Waals surface area contributed by atoms with E-state index in [0.717, 1.165) is 18.8 Å². The SMILES string of the molecule is C=CC.CN.CNc1ccc(N2CC(C)NC(C)C2)c(F)c1. The molecule has 1 aliphatic heterocycles. The van der Waals surface area contributed by atoms with Gasteiger partial charge in [0, 0.05) is 37.9 Å². The number of nitrogens with one attached hydrogen (secondary N) is 2. The van der Waals surface area contributed by atoms with Crippen LogP contribution in [0.1, 0.15) is 20.8 Å². The van der Waals surface area contributed by atoms with E-state index >= 15 is 0 Å². The molecule has 2 rings (SSSR count). The van der Waals surface area contributed by atoms with Crippen molar-refractivity contribution in [2.45, 2.75) is 32.9 Å². The molecular weight excluding hydrogens is 279 g/mol. The molecule has 126 valence electrons. The van der Waals surface area contributed by atoms with Crippen LogP contribution in [0.2, 0.25) is 0 Å². The van der Waals surface area contributed by atoms with Crippen molar-refractivity contribution in [3.63, 3.8) is 0 Å². The number of rotatable bonds is 2. The highest BCUT2D eigenvalue weighted by Gasteiger charge is 2.22. The third-order valence-electron chi connectivity index (χ3n) is 3.13. The zero-order valence-electron chi connectivity index (χ0n) is 14.5. The topological polar surface area (TPSA) is 53.3 Å². The van der Waals surface area contributed by atoms with E-state index in [4.69, 9.17) is 0 Å². The highest BCUT2D eigenvalue weighted by Crippen LogP contribution is 2.24. The Labute approximate surface area is 134 Å². The van der Waals surface area contributed by atoms with Gasteiger partial charge in [0.1, 0.15) is 5.82 Å². The molecule has 1 heterocycles. The number of nitrogens with two attached hydrogens (primary N) is 1. The zero-order chi connectivity index (χ0) is 17.1. The maximum absolute atomic E-state index is 14.0.